The minimum Gasteiger partial charge on any atom is -0.308 e. The summed E-state index contributed by atoms with van der Waals surface area (Å²) in [6.07, 6.45) is 0. The summed E-state index contributed by atoms with van der Waals surface area (Å²) in [6.45, 7) is 1.88. The van der Waals surface area contributed by atoms with Gasteiger partial charge in [-0.1, -0.05) is 39.8 Å². The van der Waals surface area contributed by atoms with E-state index in [-0.39, 0.29) is 11.7 Å². The van der Waals surface area contributed by atoms with E-state index >= 15 is 0 Å². The van der Waals surface area contributed by atoms with Crippen LogP contribution in [0.2, 0.25) is 0 Å². The van der Waals surface area contributed by atoms with Gasteiger partial charge in [-0.15, -0.1) is 0 Å². The first kappa shape index (κ1) is 18.1. The lowest BCUT2D eigenvalue weighted by Gasteiger charge is -2.08. The summed E-state index contributed by atoms with van der Waals surface area (Å²) >= 11 is 4.90. The summed E-state index contributed by atoms with van der Waals surface area (Å²) in [4.78, 5) is 22.0. The van der Waals surface area contributed by atoms with Gasteiger partial charge in [-0.25, -0.2) is 9.97 Å². The molecule has 2 aromatic carbocycles. The molecule has 0 spiro atoms. The van der Waals surface area contributed by atoms with E-state index in [0.717, 1.165) is 42.9 Å². The molecule has 29 heavy (non-hydrogen) atoms. The van der Waals surface area contributed by atoms with Gasteiger partial charge in [-0.3, -0.25) is 14.3 Å². The number of fused-ring (bicyclic) bond motifs is 5. The van der Waals surface area contributed by atoms with Gasteiger partial charge in [0.1, 0.15) is 5.65 Å². The van der Waals surface area contributed by atoms with Crippen molar-refractivity contribution in [3.05, 3.63) is 58.7 Å². The van der Waals surface area contributed by atoms with Crippen LogP contribution in [-0.4, -0.2) is 36.2 Å². The normalized spacial score (nSPS) is 11.5. The van der Waals surface area contributed by atoms with Crippen LogP contribution in [-0.2, 0) is 4.79 Å². The monoisotopic (exact) mass is 466 g/mol. The van der Waals surface area contributed by atoms with Gasteiger partial charge >= 0.3 is 0 Å². The van der Waals surface area contributed by atoms with Crippen LogP contribution in [0.1, 0.15) is 5.69 Å². The molecule has 5 aromatic rings. The maximum Gasteiger partial charge on any atom is 0.236 e. The zero-order valence-corrected chi connectivity index (χ0v) is 17.7. The number of aromatic amines is 1. The van der Waals surface area contributed by atoms with E-state index in [1.807, 2.05) is 53.8 Å². The Bertz CT molecular complexity index is 1390. The van der Waals surface area contributed by atoms with Gasteiger partial charge in [0.25, 0.3) is 0 Å². The number of para-hydroxylation sites is 2. The molecule has 3 heterocycles. The van der Waals surface area contributed by atoms with Gasteiger partial charge in [0.2, 0.25) is 5.91 Å². The lowest BCUT2D eigenvalue weighted by atomic mass is 10.2. The average Bonchev–Trinajstić information content (AvgIpc) is 3.30. The lowest BCUT2D eigenvalue weighted by molar-refractivity contribution is -0.113. The summed E-state index contributed by atoms with van der Waals surface area (Å²) in [6, 6.07) is 15.6. The molecule has 1 amide bonds. The van der Waals surface area contributed by atoms with Crippen LogP contribution in [0.25, 0.3) is 27.6 Å². The maximum absolute atomic E-state index is 12.4. The van der Waals surface area contributed by atoms with Crippen molar-refractivity contribution in [1.82, 2.24) is 24.6 Å². The summed E-state index contributed by atoms with van der Waals surface area (Å²) < 4.78 is 2.98. The number of nitrogens with one attached hydrogen (secondary N) is 2. The highest BCUT2D eigenvalue weighted by molar-refractivity contribution is 9.10. The number of anilines is 1. The number of rotatable bonds is 4. The van der Waals surface area contributed by atoms with Crippen LogP contribution in [0.15, 0.2) is 58.2 Å². The van der Waals surface area contributed by atoms with Crippen LogP contribution in [0.4, 0.5) is 5.82 Å². The SMILES string of the molecule is Cc1cc(NC(=O)CSc2nc3ccc(Br)cc3c3nc4ccccc4n23)n[nH]1. The molecule has 0 saturated heterocycles. The fourth-order valence-corrected chi connectivity index (χ4v) is 4.40. The minimum absolute atomic E-state index is 0.142. The van der Waals surface area contributed by atoms with Gasteiger partial charge in [-0.05, 0) is 37.3 Å². The second-order valence-corrected chi connectivity index (χ2v) is 8.45. The molecule has 0 bridgehead atoms. The molecule has 5 rings (SSSR count). The molecule has 0 saturated carbocycles. The van der Waals surface area contributed by atoms with E-state index in [0.29, 0.717) is 5.82 Å². The Hall–Kier alpha value is -2.91. The van der Waals surface area contributed by atoms with Crippen molar-refractivity contribution < 1.29 is 4.79 Å². The third kappa shape index (κ3) is 3.36. The largest absolute Gasteiger partial charge is 0.308 e. The van der Waals surface area contributed by atoms with Crippen LogP contribution in [0.3, 0.4) is 0 Å². The molecule has 0 aliphatic carbocycles. The Morgan fingerprint density at radius 3 is 2.86 bits per heavy atom. The zero-order chi connectivity index (χ0) is 20.0. The Kier molecular flexibility index (Phi) is 4.48. The zero-order valence-electron chi connectivity index (χ0n) is 15.3. The average molecular weight is 467 g/mol. The van der Waals surface area contributed by atoms with Crippen LogP contribution in [0, 0.1) is 6.92 Å². The Morgan fingerprint density at radius 2 is 2.03 bits per heavy atom. The first-order chi connectivity index (χ1) is 14.1. The number of hydrogen-bond donors (Lipinski definition) is 2. The molecule has 0 unspecified atom stereocenters. The third-order valence-electron chi connectivity index (χ3n) is 4.47. The van der Waals surface area contributed by atoms with E-state index in [1.54, 1.807) is 6.07 Å². The molecule has 2 N–H and O–H groups in total. The Morgan fingerprint density at radius 1 is 1.17 bits per heavy atom. The van der Waals surface area contributed by atoms with E-state index < -0.39 is 0 Å². The number of aryl methyl sites for hydroxylation is 1. The quantitative estimate of drug-likeness (QED) is 0.299. The Balaban J connectivity index is 1.56. The first-order valence-corrected chi connectivity index (χ1v) is 10.7. The minimum atomic E-state index is -0.142. The molecule has 0 aliphatic heterocycles. The van der Waals surface area contributed by atoms with Crippen LogP contribution >= 0.6 is 27.7 Å². The first-order valence-electron chi connectivity index (χ1n) is 8.89. The molecule has 9 heteroatoms. The number of H-pyrrole nitrogens is 1. The summed E-state index contributed by atoms with van der Waals surface area (Å²) in [5, 5.41) is 11.3. The highest BCUT2D eigenvalue weighted by atomic mass is 79.9. The van der Waals surface area contributed by atoms with E-state index in [2.05, 4.69) is 31.4 Å². The van der Waals surface area contributed by atoms with Crippen molar-refractivity contribution in [2.24, 2.45) is 0 Å². The highest BCUT2D eigenvalue weighted by Crippen LogP contribution is 2.30. The number of hydrogen-bond acceptors (Lipinski definition) is 5. The van der Waals surface area contributed by atoms with Gasteiger partial charge < -0.3 is 5.32 Å². The van der Waals surface area contributed by atoms with Crippen molar-refractivity contribution in [3.8, 4) is 0 Å². The smallest absolute Gasteiger partial charge is 0.236 e. The predicted molar refractivity (Wildman–Crippen MR) is 118 cm³/mol. The summed E-state index contributed by atoms with van der Waals surface area (Å²) in [5.74, 6) is 0.585. The number of benzene rings is 2. The summed E-state index contributed by atoms with van der Waals surface area (Å²) in [7, 11) is 0. The maximum atomic E-state index is 12.4. The molecule has 0 radical (unpaired) electrons. The van der Waals surface area contributed by atoms with Crippen molar-refractivity contribution in [1.29, 1.82) is 0 Å². The van der Waals surface area contributed by atoms with Crippen molar-refractivity contribution >= 4 is 67.0 Å². The lowest BCUT2D eigenvalue weighted by Crippen LogP contribution is -2.15. The molecular weight excluding hydrogens is 452 g/mol. The number of thioether (sulfide) groups is 1. The number of imidazole rings is 1. The van der Waals surface area contributed by atoms with Crippen LogP contribution in [0.5, 0.6) is 0 Å². The Labute approximate surface area is 178 Å². The molecule has 0 atom stereocenters. The topological polar surface area (TPSA) is 88.0 Å². The molecule has 3 aromatic heterocycles. The standard InChI is InChI=1S/C20H15BrN6OS/c1-11-8-17(26-25-11)24-18(28)10-29-20-23-14-7-6-12(21)9-13(14)19-22-15-4-2-3-5-16(15)27(19)20/h2-9H,10H2,1H3,(H2,24,25,26,28). The van der Waals surface area contributed by atoms with E-state index in [1.165, 1.54) is 11.8 Å². The van der Waals surface area contributed by atoms with E-state index in [4.69, 9.17) is 9.97 Å². The van der Waals surface area contributed by atoms with Crippen molar-refractivity contribution in [3.63, 3.8) is 0 Å². The van der Waals surface area contributed by atoms with Crippen molar-refractivity contribution in [2.45, 2.75) is 12.1 Å². The predicted octanol–water partition coefficient (Wildman–Crippen LogP) is 4.56. The van der Waals surface area contributed by atoms with Crippen LogP contribution < -0.4 is 5.32 Å². The number of carbonyl (C=O) groups excluding carboxylic acids is 1. The molecule has 7 nitrogen and oxygen atoms in total. The number of halogens is 1. The number of nitrogens with zero attached hydrogens (tertiary/aromatic N) is 4. The molecule has 0 aliphatic rings. The molecule has 144 valence electrons. The second kappa shape index (κ2) is 7.16. The number of aromatic nitrogens is 5. The molecule has 0 fully saturated rings. The number of carbonyl (C=O) groups is 1. The molecular formula is C20H15BrN6OS. The highest BCUT2D eigenvalue weighted by Gasteiger charge is 2.16. The van der Waals surface area contributed by atoms with Gasteiger partial charge in [0, 0.05) is 21.6 Å². The van der Waals surface area contributed by atoms with Gasteiger partial charge in [0.05, 0.1) is 22.3 Å². The van der Waals surface area contributed by atoms with E-state index in [9.17, 15) is 4.79 Å². The fraction of sp³-hybridized carbons (Fsp3) is 0.100. The van der Waals surface area contributed by atoms with Crippen molar-refractivity contribution in [2.75, 3.05) is 11.1 Å². The summed E-state index contributed by atoms with van der Waals surface area (Å²) in [5.41, 5.74) is 4.40. The van der Waals surface area contributed by atoms with Gasteiger partial charge in [-0.2, -0.15) is 5.10 Å². The number of amides is 1. The fourth-order valence-electron chi connectivity index (χ4n) is 3.23. The second-order valence-electron chi connectivity index (χ2n) is 6.59. The van der Waals surface area contributed by atoms with Gasteiger partial charge in [0.15, 0.2) is 11.0 Å². The third-order valence-corrected chi connectivity index (χ3v) is 5.91.